The molecule has 20 heavy (non-hydrogen) atoms. The van der Waals surface area contributed by atoms with Gasteiger partial charge in [0.2, 0.25) is 0 Å². The maximum absolute atomic E-state index is 12.8. The van der Waals surface area contributed by atoms with Crippen LogP contribution in [0, 0.1) is 0 Å². The van der Waals surface area contributed by atoms with Gasteiger partial charge in [-0.2, -0.15) is 0 Å². The van der Waals surface area contributed by atoms with Crippen molar-refractivity contribution in [1.82, 2.24) is 15.1 Å². The van der Waals surface area contributed by atoms with Gasteiger partial charge in [-0.1, -0.05) is 6.07 Å². The van der Waals surface area contributed by atoms with E-state index in [1.165, 1.54) is 11.1 Å². The number of amides is 1. The molecule has 1 atom stereocenters. The van der Waals surface area contributed by atoms with Crippen LogP contribution in [0.25, 0.3) is 0 Å². The Bertz CT molecular complexity index is 514. The Morgan fingerprint density at radius 2 is 2.05 bits per heavy atom. The summed E-state index contributed by atoms with van der Waals surface area (Å²) in [6.45, 7) is 6.85. The molecule has 1 aromatic rings. The fourth-order valence-corrected chi connectivity index (χ4v) is 3.27. The molecule has 2 heterocycles. The monoisotopic (exact) mass is 273 g/mol. The second kappa shape index (κ2) is 5.54. The van der Waals surface area contributed by atoms with Crippen LogP contribution in [-0.2, 0) is 13.1 Å². The van der Waals surface area contributed by atoms with Crippen LogP contribution >= 0.6 is 0 Å². The molecule has 1 saturated heterocycles. The third-order valence-corrected chi connectivity index (χ3v) is 4.39. The van der Waals surface area contributed by atoms with Crippen LogP contribution in [-0.4, -0.2) is 48.4 Å². The molecule has 4 nitrogen and oxygen atoms in total. The predicted molar refractivity (Wildman–Crippen MR) is 79.6 cm³/mol. The maximum atomic E-state index is 12.8. The van der Waals surface area contributed by atoms with E-state index in [9.17, 15) is 4.79 Å². The van der Waals surface area contributed by atoms with E-state index >= 15 is 0 Å². The molecule has 0 aromatic heterocycles. The first-order valence-electron chi connectivity index (χ1n) is 7.47. The highest BCUT2D eigenvalue weighted by atomic mass is 16.2. The van der Waals surface area contributed by atoms with Crippen molar-refractivity contribution >= 4 is 5.91 Å². The van der Waals surface area contributed by atoms with E-state index in [4.69, 9.17) is 0 Å². The summed E-state index contributed by atoms with van der Waals surface area (Å²) in [5.41, 5.74) is 3.43. The highest BCUT2D eigenvalue weighted by Crippen LogP contribution is 2.20. The molecular weight excluding hydrogens is 250 g/mol. The molecule has 1 amide bonds. The molecule has 108 valence electrons. The van der Waals surface area contributed by atoms with Crippen molar-refractivity contribution in [2.45, 2.75) is 32.5 Å². The zero-order valence-electron chi connectivity index (χ0n) is 12.4. The molecular formula is C16H23N3O. The summed E-state index contributed by atoms with van der Waals surface area (Å²) in [7, 11) is 2.13. The van der Waals surface area contributed by atoms with Crippen LogP contribution in [0.1, 0.15) is 34.8 Å². The average molecular weight is 273 g/mol. The molecule has 0 aliphatic carbocycles. The SMILES string of the molecule is CC1CN(C)CCCN1C(=O)c1ccc2c(c1)CNC2. The van der Waals surface area contributed by atoms with Crippen molar-refractivity contribution in [1.29, 1.82) is 0 Å². The van der Waals surface area contributed by atoms with Gasteiger partial charge < -0.3 is 15.1 Å². The van der Waals surface area contributed by atoms with Crippen LogP contribution in [0.15, 0.2) is 18.2 Å². The number of nitrogens with one attached hydrogen (secondary N) is 1. The fraction of sp³-hybridized carbons (Fsp3) is 0.562. The minimum atomic E-state index is 0.183. The number of hydrogen-bond donors (Lipinski definition) is 1. The van der Waals surface area contributed by atoms with Crippen LogP contribution in [0.2, 0.25) is 0 Å². The van der Waals surface area contributed by atoms with E-state index in [0.29, 0.717) is 0 Å². The Hall–Kier alpha value is -1.39. The van der Waals surface area contributed by atoms with Crippen LogP contribution in [0.4, 0.5) is 0 Å². The molecule has 1 N–H and O–H groups in total. The molecule has 0 saturated carbocycles. The Balaban J connectivity index is 1.81. The molecule has 1 fully saturated rings. The molecule has 0 radical (unpaired) electrons. The standard InChI is InChI=1S/C16H23N3O/c1-12-11-18(2)6-3-7-19(12)16(20)13-4-5-14-9-17-10-15(14)8-13/h4-5,8,12,17H,3,6-7,9-11H2,1-2H3. The van der Waals surface area contributed by atoms with Crippen molar-refractivity contribution < 1.29 is 4.79 Å². The van der Waals surface area contributed by atoms with Crippen LogP contribution < -0.4 is 5.32 Å². The van der Waals surface area contributed by atoms with Crippen molar-refractivity contribution in [3.63, 3.8) is 0 Å². The smallest absolute Gasteiger partial charge is 0.254 e. The van der Waals surface area contributed by atoms with E-state index < -0.39 is 0 Å². The molecule has 0 spiro atoms. The van der Waals surface area contributed by atoms with E-state index in [1.54, 1.807) is 0 Å². The number of carbonyl (C=O) groups is 1. The number of rotatable bonds is 1. The van der Waals surface area contributed by atoms with Crippen molar-refractivity contribution in [3.05, 3.63) is 34.9 Å². The number of benzene rings is 1. The molecule has 3 rings (SSSR count). The summed E-state index contributed by atoms with van der Waals surface area (Å²) < 4.78 is 0. The Labute approximate surface area is 120 Å². The van der Waals surface area contributed by atoms with E-state index in [-0.39, 0.29) is 11.9 Å². The zero-order chi connectivity index (χ0) is 14.1. The quantitative estimate of drug-likeness (QED) is 0.841. The summed E-state index contributed by atoms with van der Waals surface area (Å²) in [5.74, 6) is 0.183. The summed E-state index contributed by atoms with van der Waals surface area (Å²) in [4.78, 5) is 17.1. The molecule has 2 aliphatic heterocycles. The predicted octanol–water partition coefficient (Wildman–Crippen LogP) is 1.46. The first-order chi connectivity index (χ1) is 9.65. The normalized spacial score (nSPS) is 23.5. The number of hydrogen-bond acceptors (Lipinski definition) is 3. The number of carbonyl (C=O) groups excluding carboxylic acids is 1. The van der Waals surface area contributed by atoms with E-state index in [1.807, 2.05) is 11.0 Å². The number of nitrogens with zero attached hydrogens (tertiary/aromatic N) is 2. The van der Waals surface area contributed by atoms with Crippen molar-refractivity contribution in [2.24, 2.45) is 0 Å². The van der Waals surface area contributed by atoms with Gasteiger partial charge in [0.15, 0.2) is 0 Å². The van der Waals surface area contributed by atoms with Gasteiger partial charge in [-0.25, -0.2) is 0 Å². The number of fused-ring (bicyclic) bond motifs is 1. The summed E-state index contributed by atoms with van der Waals surface area (Å²) in [5, 5.41) is 3.33. The lowest BCUT2D eigenvalue weighted by atomic mass is 10.0. The number of likely N-dealkylation sites (N-methyl/N-ethyl adjacent to an activating group) is 1. The molecule has 1 aromatic carbocycles. The zero-order valence-corrected chi connectivity index (χ0v) is 12.4. The van der Waals surface area contributed by atoms with Crippen LogP contribution in [0.3, 0.4) is 0 Å². The Morgan fingerprint density at radius 1 is 1.25 bits per heavy atom. The van der Waals surface area contributed by atoms with Gasteiger partial charge in [0, 0.05) is 37.8 Å². The largest absolute Gasteiger partial charge is 0.335 e. The van der Waals surface area contributed by atoms with Gasteiger partial charge >= 0.3 is 0 Å². The summed E-state index contributed by atoms with van der Waals surface area (Å²) >= 11 is 0. The molecule has 0 bridgehead atoms. The van der Waals surface area contributed by atoms with Gasteiger partial charge in [0.25, 0.3) is 5.91 Å². The van der Waals surface area contributed by atoms with Gasteiger partial charge in [-0.05, 0) is 50.2 Å². The fourth-order valence-electron chi connectivity index (χ4n) is 3.27. The van der Waals surface area contributed by atoms with Gasteiger partial charge in [-0.3, -0.25) is 4.79 Å². The maximum Gasteiger partial charge on any atom is 0.254 e. The topological polar surface area (TPSA) is 35.6 Å². The minimum Gasteiger partial charge on any atom is -0.335 e. The molecule has 4 heteroatoms. The van der Waals surface area contributed by atoms with Crippen molar-refractivity contribution in [3.8, 4) is 0 Å². The average Bonchev–Trinajstić information content (AvgIpc) is 2.83. The first-order valence-corrected chi connectivity index (χ1v) is 7.47. The highest BCUT2D eigenvalue weighted by Gasteiger charge is 2.25. The first kappa shape index (κ1) is 13.6. The van der Waals surface area contributed by atoms with Gasteiger partial charge in [0.1, 0.15) is 0 Å². The second-order valence-electron chi connectivity index (χ2n) is 6.05. The lowest BCUT2D eigenvalue weighted by Gasteiger charge is -2.28. The lowest BCUT2D eigenvalue weighted by molar-refractivity contribution is 0.0696. The van der Waals surface area contributed by atoms with Gasteiger partial charge in [-0.15, -0.1) is 0 Å². The minimum absolute atomic E-state index is 0.183. The third kappa shape index (κ3) is 2.58. The van der Waals surface area contributed by atoms with Crippen LogP contribution in [0.5, 0.6) is 0 Å². The Morgan fingerprint density at radius 3 is 2.90 bits per heavy atom. The third-order valence-electron chi connectivity index (χ3n) is 4.39. The molecule has 1 unspecified atom stereocenters. The second-order valence-corrected chi connectivity index (χ2v) is 6.05. The van der Waals surface area contributed by atoms with E-state index in [0.717, 1.165) is 44.7 Å². The van der Waals surface area contributed by atoms with Gasteiger partial charge in [0.05, 0.1) is 0 Å². The highest BCUT2D eigenvalue weighted by molar-refractivity contribution is 5.94. The molecule has 2 aliphatic rings. The summed E-state index contributed by atoms with van der Waals surface area (Å²) in [6, 6.07) is 6.42. The lowest BCUT2D eigenvalue weighted by Crippen LogP contribution is -2.42. The van der Waals surface area contributed by atoms with E-state index in [2.05, 4.69) is 36.3 Å². The van der Waals surface area contributed by atoms with Crippen molar-refractivity contribution in [2.75, 3.05) is 26.7 Å². The summed E-state index contributed by atoms with van der Waals surface area (Å²) in [6.07, 6.45) is 1.05. The Kier molecular flexibility index (Phi) is 3.76.